The fourth-order valence-corrected chi connectivity index (χ4v) is 3.36. The van der Waals surface area contributed by atoms with Crippen LogP contribution in [0.1, 0.15) is 33.2 Å². The fourth-order valence-electron chi connectivity index (χ4n) is 3.36. The van der Waals surface area contributed by atoms with Gasteiger partial charge in [-0.3, -0.25) is 19.2 Å². The highest BCUT2D eigenvalue weighted by Crippen LogP contribution is 2.17. The molecule has 0 spiro atoms. The third kappa shape index (κ3) is 7.53. The Balaban J connectivity index is 1.77. The summed E-state index contributed by atoms with van der Waals surface area (Å²) in [5, 5.41) is 8.00. The first-order valence-corrected chi connectivity index (χ1v) is 11.2. The van der Waals surface area contributed by atoms with Crippen LogP contribution < -0.4 is 16.0 Å². The Hall–Kier alpha value is -4.46. The summed E-state index contributed by atoms with van der Waals surface area (Å²) in [6.45, 7) is 1.56. The number of hydrogen-bond donors (Lipinski definition) is 3. The normalized spacial score (nSPS) is 11.1. The lowest BCUT2D eigenvalue weighted by molar-refractivity contribution is -0.143. The number of amides is 3. The van der Waals surface area contributed by atoms with Gasteiger partial charge in [0.05, 0.1) is 17.9 Å². The van der Waals surface area contributed by atoms with Crippen LogP contribution >= 0.6 is 0 Å². The van der Waals surface area contributed by atoms with Crippen molar-refractivity contribution in [2.75, 3.05) is 18.5 Å². The first-order chi connectivity index (χ1) is 17.0. The minimum atomic E-state index is -0.961. The molecule has 8 heteroatoms. The third-order valence-electron chi connectivity index (χ3n) is 5.07. The van der Waals surface area contributed by atoms with E-state index in [2.05, 4.69) is 16.0 Å². The van der Waals surface area contributed by atoms with Crippen LogP contribution in [0.4, 0.5) is 5.69 Å². The minimum Gasteiger partial charge on any atom is -0.465 e. The zero-order chi connectivity index (χ0) is 25.0. The van der Waals surface area contributed by atoms with Crippen molar-refractivity contribution in [1.82, 2.24) is 10.6 Å². The maximum absolute atomic E-state index is 13.2. The van der Waals surface area contributed by atoms with Crippen molar-refractivity contribution in [3.05, 3.63) is 102 Å². The number of rotatable bonds is 10. The van der Waals surface area contributed by atoms with Crippen LogP contribution in [-0.4, -0.2) is 42.9 Å². The summed E-state index contributed by atoms with van der Waals surface area (Å²) in [5.74, 6) is -2.00. The van der Waals surface area contributed by atoms with Crippen LogP contribution in [0.5, 0.6) is 0 Å². The van der Waals surface area contributed by atoms with Gasteiger partial charge in [0.2, 0.25) is 5.91 Å². The number of benzene rings is 3. The van der Waals surface area contributed by atoms with Gasteiger partial charge in [-0.1, -0.05) is 60.7 Å². The standard InChI is InChI=1S/C27H27N3O5/c1-2-35-24(31)18-28-27(34)23(17-19-11-5-3-6-12-19)30-26(33)21-15-9-10-16-22(21)29-25(32)20-13-7-4-8-14-20/h3-16,23H,2,17-18H2,1H3,(H,28,34)(H,29,32)(H,30,33)/t23-/m0/s1. The lowest BCUT2D eigenvalue weighted by Gasteiger charge is -2.19. The summed E-state index contributed by atoms with van der Waals surface area (Å²) in [7, 11) is 0. The van der Waals surface area contributed by atoms with Crippen LogP contribution in [-0.2, 0) is 20.7 Å². The van der Waals surface area contributed by atoms with E-state index >= 15 is 0 Å². The molecular formula is C27H27N3O5. The van der Waals surface area contributed by atoms with E-state index in [0.29, 0.717) is 11.3 Å². The summed E-state index contributed by atoms with van der Waals surface area (Å²) >= 11 is 0. The lowest BCUT2D eigenvalue weighted by Crippen LogP contribution is -2.49. The number of carbonyl (C=O) groups is 4. The quantitative estimate of drug-likeness (QED) is 0.392. The highest BCUT2D eigenvalue weighted by atomic mass is 16.5. The van der Waals surface area contributed by atoms with E-state index < -0.39 is 23.8 Å². The second-order valence-corrected chi connectivity index (χ2v) is 7.60. The molecule has 0 bridgehead atoms. The van der Waals surface area contributed by atoms with Gasteiger partial charge >= 0.3 is 5.97 Å². The van der Waals surface area contributed by atoms with Gasteiger partial charge in [-0.2, -0.15) is 0 Å². The molecule has 180 valence electrons. The third-order valence-corrected chi connectivity index (χ3v) is 5.07. The van der Waals surface area contributed by atoms with Crippen LogP contribution in [0.15, 0.2) is 84.9 Å². The zero-order valence-electron chi connectivity index (χ0n) is 19.3. The molecule has 3 aromatic rings. The van der Waals surface area contributed by atoms with E-state index in [-0.39, 0.29) is 31.0 Å². The predicted molar refractivity (Wildman–Crippen MR) is 132 cm³/mol. The molecule has 0 aliphatic rings. The van der Waals surface area contributed by atoms with Crippen LogP contribution in [0.3, 0.4) is 0 Å². The molecule has 1 atom stereocenters. The number of para-hydroxylation sites is 1. The molecular weight excluding hydrogens is 446 g/mol. The van der Waals surface area contributed by atoms with Gasteiger partial charge < -0.3 is 20.7 Å². The molecule has 0 saturated carbocycles. The number of anilines is 1. The number of esters is 1. The van der Waals surface area contributed by atoms with E-state index in [1.807, 2.05) is 30.3 Å². The van der Waals surface area contributed by atoms with Gasteiger partial charge in [0.1, 0.15) is 12.6 Å². The Morgan fingerprint density at radius 2 is 1.43 bits per heavy atom. The van der Waals surface area contributed by atoms with Gasteiger partial charge in [0.15, 0.2) is 0 Å². The molecule has 3 aromatic carbocycles. The first-order valence-electron chi connectivity index (χ1n) is 11.2. The van der Waals surface area contributed by atoms with Crippen LogP contribution in [0.25, 0.3) is 0 Å². The number of carbonyl (C=O) groups excluding carboxylic acids is 4. The Bertz CT molecular complexity index is 1170. The largest absolute Gasteiger partial charge is 0.465 e. The van der Waals surface area contributed by atoms with Gasteiger partial charge in [0, 0.05) is 12.0 Å². The number of ether oxygens (including phenoxy) is 1. The molecule has 0 aromatic heterocycles. The van der Waals surface area contributed by atoms with E-state index in [1.165, 1.54) is 0 Å². The van der Waals surface area contributed by atoms with Gasteiger partial charge in [-0.05, 0) is 36.8 Å². The van der Waals surface area contributed by atoms with Gasteiger partial charge in [0.25, 0.3) is 11.8 Å². The van der Waals surface area contributed by atoms with Crippen LogP contribution in [0.2, 0.25) is 0 Å². The van der Waals surface area contributed by atoms with E-state index in [0.717, 1.165) is 5.56 Å². The smallest absolute Gasteiger partial charge is 0.325 e. The van der Waals surface area contributed by atoms with E-state index in [4.69, 9.17) is 4.74 Å². The van der Waals surface area contributed by atoms with Crippen molar-refractivity contribution in [3.8, 4) is 0 Å². The van der Waals surface area contributed by atoms with Crippen molar-refractivity contribution in [2.45, 2.75) is 19.4 Å². The average molecular weight is 474 g/mol. The lowest BCUT2D eigenvalue weighted by atomic mass is 10.0. The first kappa shape index (κ1) is 25.2. The molecule has 0 saturated heterocycles. The Labute approximate surface area is 203 Å². The Morgan fingerprint density at radius 3 is 2.11 bits per heavy atom. The van der Waals surface area contributed by atoms with E-state index in [1.54, 1.807) is 61.5 Å². The molecule has 35 heavy (non-hydrogen) atoms. The second kappa shape index (κ2) is 12.7. The second-order valence-electron chi connectivity index (χ2n) is 7.60. The van der Waals surface area contributed by atoms with Gasteiger partial charge in [-0.15, -0.1) is 0 Å². The van der Waals surface area contributed by atoms with Crippen molar-refractivity contribution in [1.29, 1.82) is 0 Å². The molecule has 3 N–H and O–H groups in total. The molecule has 0 fully saturated rings. The molecule has 3 amide bonds. The average Bonchev–Trinajstić information content (AvgIpc) is 2.88. The molecule has 0 unspecified atom stereocenters. The monoisotopic (exact) mass is 473 g/mol. The number of hydrogen-bond acceptors (Lipinski definition) is 5. The highest BCUT2D eigenvalue weighted by Gasteiger charge is 2.24. The Kier molecular flexibility index (Phi) is 9.13. The predicted octanol–water partition coefficient (Wildman–Crippen LogP) is 2.96. The Morgan fingerprint density at radius 1 is 0.800 bits per heavy atom. The minimum absolute atomic E-state index is 0.199. The summed E-state index contributed by atoms with van der Waals surface area (Å²) in [6.07, 6.45) is 0.208. The molecule has 0 heterocycles. The summed E-state index contributed by atoms with van der Waals surface area (Å²) in [6, 6.07) is 23.4. The zero-order valence-corrected chi connectivity index (χ0v) is 19.3. The highest BCUT2D eigenvalue weighted by molar-refractivity contribution is 6.09. The number of nitrogens with one attached hydrogen (secondary N) is 3. The van der Waals surface area contributed by atoms with Crippen molar-refractivity contribution < 1.29 is 23.9 Å². The maximum atomic E-state index is 13.2. The van der Waals surface area contributed by atoms with Crippen molar-refractivity contribution in [2.24, 2.45) is 0 Å². The molecule has 0 aliphatic carbocycles. The molecule has 0 aliphatic heterocycles. The van der Waals surface area contributed by atoms with Gasteiger partial charge in [-0.25, -0.2) is 0 Å². The van der Waals surface area contributed by atoms with Crippen LogP contribution in [0, 0.1) is 0 Å². The maximum Gasteiger partial charge on any atom is 0.325 e. The summed E-state index contributed by atoms with van der Waals surface area (Å²) < 4.78 is 4.85. The van der Waals surface area contributed by atoms with E-state index in [9.17, 15) is 19.2 Å². The summed E-state index contributed by atoms with van der Waals surface area (Å²) in [5.41, 5.74) is 1.79. The topological polar surface area (TPSA) is 114 Å². The molecule has 3 rings (SSSR count). The van der Waals surface area contributed by atoms with Crippen molar-refractivity contribution >= 4 is 29.4 Å². The molecule has 0 radical (unpaired) electrons. The molecule has 8 nitrogen and oxygen atoms in total. The SMILES string of the molecule is CCOC(=O)CNC(=O)[C@H](Cc1ccccc1)NC(=O)c1ccccc1NC(=O)c1ccccc1. The van der Waals surface area contributed by atoms with Crippen molar-refractivity contribution in [3.63, 3.8) is 0 Å². The fraction of sp³-hybridized carbons (Fsp3) is 0.185. The summed E-state index contributed by atoms with van der Waals surface area (Å²) in [4.78, 5) is 50.3.